The first-order valence-electron chi connectivity index (χ1n) is 7.24. The first kappa shape index (κ1) is 16.0. The van der Waals surface area contributed by atoms with E-state index in [-0.39, 0.29) is 17.2 Å². The molecule has 124 valence electrons. The number of aryl methyl sites for hydroxylation is 2. The van der Waals surface area contributed by atoms with Gasteiger partial charge in [-0.05, 0) is 37.1 Å². The van der Waals surface area contributed by atoms with Crippen LogP contribution in [0.15, 0.2) is 27.6 Å². The van der Waals surface area contributed by atoms with Crippen molar-refractivity contribution in [2.24, 2.45) is 0 Å². The van der Waals surface area contributed by atoms with E-state index in [4.69, 9.17) is 9.26 Å². The lowest BCUT2D eigenvalue weighted by Crippen LogP contribution is -2.29. The molecule has 3 rings (SSSR count). The predicted octanol–water partition coefficient (Wildman–Crippen LogP) is 1.24. The van der Waals surface area contributed by atoms with E-state index in [0.717, 1.165) is 17.7 Å². The topological polar surface area (TPSA) is 102 Å². The number of nitrogens with zero attached hydrogens (tertiary/aromatic N) is 1. The van der Waals surface area contributed by atoms with Crippen LogP contribution in [0.25, 0.3) is 0 Å². The molecule has 1 aliphatic rings. The number of ether oxygens (including phenoxy) is 1. The van der Waals surface area contributed by atoms with Gasteiger partial charge in [-0.3, -0.25) is 0 Å². The van der Waals surface area contributed by atoms with E-state index in [1.807, 2.05) is 6.07 Å². The Morgan fingerprint density at radius 3 is 2.87 bits per heavy atom. The van der Waals surface area contributed by atoms with E-state index in [0.29, 0.717) is 17.9 Å². The highest BCUT2D eigenvalue weighted by atomic mass is 32.2. The molecule has 8 heteroatoms. The number of fused-ring (bicyclic) bond motifs is 1. The zero-order valence-corrected chi connectivity index (χ0v) is 13.7. The maximum absolute atomic E-state index is 12.3. The average molecular weight is 338 g/mol. The number of hydrogen-bond acceptors (Lipinski definition) is 6. The highest BCUT2D eigenvalue weighted by Gasteiger charge is 2.25. The lowest BCUT2D eigenvalue weighted by atomic mass is 10.0. The van der Waals surface area contributed by atoms with Crippen LogP contribution in [0.1, 0.15) is 28.7 Å². The summed E-state index contributed by atoms with van der Waals surface area (Å²) >= 11 is 0. The summed E-state index contributed by atoms with van der Waals surface area (Å²) < 4.78 is 37.3. The third kappa shape index (κ3) is 3.10. The fourth-order valence-electron chi connectivity index (χ4n) is 2.65. The molecule has 0 unspecified atom stereocenters. The first-order valence-corrected chi connectivity index (χ1v) is 8.73. The number of aliphatic hydroxyl groups is 1. The molecule has 0 bridgehead atoms. The van der Waals surface area contributed by atoms with E-state index in [9.17, 15) is 13.5 Å². The fraction of sp³-hybridized carbons (Fsp3) is 0.400. The summed E-state index contributed by atoms with van der Waals surface area (Å²) in [5.41, 5.74) is 1.96. The molecule has 2 aromatic rings. The summed E-state index contributed by atoms with van der Waals surface area (Å²) in [6, 6.07) is 5.37. The van der Waals surface area contributed by atoms with Crippen molar-refractivity contribution in [3.63, 3.8) is 0 Å². The van der Waals surface area contributed by atoms with Gasteiger partial charge >= 0.3 is 0 Å². The minimum Gasteiger partial charge on any atom is -0.493 e. The van der Waals surface area contributed by atoms with Crippen LogP contribution in [-0.2, 0) is 16.4 Å². The van der Waals surface area contributed by atoms with Crippen LogP contribution in [0.3, 0.4) is 0 Å². The van der Waals surface area contributed by atoms with Gasteiger partial charge in [0.15, 0.2) is 5.76 Å². The number of nitrogens with one attached hydrogen (secondary N) is 1. The third-order valence-corrected chi connectivity index (χ3v) is 5.47. The molecule has 0 radical (unpaired) electrons. The van der Waals surface area contributed by atoms with Crippen LogP contribution in [0, 0.1) is 13.8 Å². The van der Waals surface area contributed by atoms with Crippen LogP contribution in [0.4, 0.5) is 0 Å². The summed E-state index contributed by atoms with van der Waals surface area (Å²) in [6.07, 6.45) is -0.156. The molecule has 2 N–H and O–H groups in total. The van der Waals surface area contributed by atoms with Crippen LogP contribution >= 0.6 is 0 Å². The molecular weight excluding hydrogens is 320 g/mol. The minimum absolute atomic E-state index is 0.0204. The van der Waals surface area contributed by atoms with Gasteiger partial charge in [-0.25, -0.2) is 13.1 Å². The van der Waals surface area contributed by atoms with Gasteiger partial charge in [-0.15, -0.1) is 0 Å². The van der Waals surface area contributed by atoms with Gasteiger partial charge in [-0.1, -0.05) is 11.2 Å². The minimum atomic E-state index is -3.78. The Bertz CT molecular complexity index is 809. The average Bonchev–Trinajstić information content (AvgIpc) is 3.10. The number of aromatic nitrogens is 1. The monoisotopic (exact) mass is 338 g/mol. The summed E-state index contributed by atoms with van der Waals surface area (Å²) in [5, 5.41) is 13.9. The Balaban J connectivity index is 1.73. The second-order valence-electron chi connectivity index (χ2n) is 5.49. The standard InChI is InChI=1S/C15H18N2O5S/c1-9-15(10(2)22-17-9)23(19,20)16-8-13(18)11-3-4-14-12(7-11)5-6-21-14/h3-4,7,13,16,18H,5-6,8H2,1-2H3/t13-/m0/s1. The van der Waals surface area contributed by atoms with Crippen molar-refractivity contribution in [2.45, 2.75) is 31.3 Å². The van der Waals surface area contributed by atoms with Crippen LogP contribution in [-0.4, -0.2) is 31.8 Å². The van der Waals surface area contributed by atoms with E-state index < -0.39 is 16.1 Å². The lowest BCUT2D eigenvalue weighted by Gasteiger charge is -2.13. The second kappa shape index (κ2) is 5.95. The van der Waals surface area contributed by atoms with Gasteiger partial charge in [-0.2, -0.15) is 0 Å². The van der Waals surface area contributed by atoms with Crippen LogP contribution < -0.4 is 9.46 Å². The number of aliphatic hydroxyl groups excluding tert-OH is 1. The van der Waals surface area contributed by atoms with Crippen molar-refractivity contribution in [3.8, 4) is 5.75 Å². The third-order valence-electron chi connectivity index (χ3n) is 3.80. The zero-order valence-electron chi connectivity index (χ0n) is 12.9. The van der Waals surface area contributed by atoms with Crippen molar-refractivity contribution in [2.75, 3.05) is 13.2 Å². The quantitative estimate of drug-likeness (QED) is 0.850. The SMILES string of the molecule is Cc1noc(C)c1S(=O)(=O)NC[C@H](O)c1ccc2c(c1)CCO2. The Morgan fingerprint density at radius 2 is 2.17 bits per heavy atom. The highest BCUT2D eigenvalue weighted by molar-refractivity contribution is 7.89. The van der Waals surface area contributed by atoms with Gasteiger partial charge in [0.05, 0.1) is 12.7 Å². The zero-order chi connectivity index (χ0) is 16.6. The molecule has 1 aromatic heterocycles. The van der Waals surface area contributed by atoms with E-state index >= 15 is 0 Å². The van der Waals surface area contributed by atoms with Crippen molar-refractivity contribution in [3.05, 3.63) is 40.8 Å². The van der Waals surface area contributed by atoms with Gasteiger partial charge in [0.25, 0.3) is 0 Å². The lowest BCUT2D eigenvalue weighted by molar-refractivity contribution is 0.182. The van der Waals surface area contributed by atoms with Crippen LogP contribution in [0.5, 0.6) is 5.75 Å². The van der Waals surface area contributed by atoms with Crippen molar-refractivity contribution in [1.82, 2.24) is 9.88 Å². The molecule has 0 amide bonds. The first-order chi connectivity index (χ1) is 10.9. The smallest absolute Gasteiger partial charge is 0.246 e. The molecule has 1 atom stereocenters. The number of hydrogen-bond donors (Lipinski definition) is 2. The summed E-state index contributed by atoms with van der Waals surface area (Å²) in [6.45, 7) is 3.59. The summed E-state index contributed by atoms with van der Waals surface area (Å²) in [4.78, 5) is 0.0204. The highest BCUT2D eigenvalue weighted by Crippen LogP contribution is 2.28. The normalized spacial score (nSPS) is 15.3. The molecule has 23 heavy (non-hydrogen) atoms. The Kier molecular flexibility index (Phi) is 4.13. The maximum Gasteiger partial charge on any atom is 0.246 e. The van der Waals surface area contributed by atoms with Gasteiger partial charge < -0.3 is 14.4 Å². The molecule has 7 nitrogen and oxygen atoms in total. The molecule has 0 spiro atoms. The molecule has 0 aliphatic carbocycles. The number of sulfonamides is 1. The molecule has 1 aromatic carbocycles. The Morgan fingerprint density at radius 1 is 1.39 bits per heavy atom. The van der Waals surface area contributed by atoms with Crippen molar-refractivity contribution in [1.29, 1.82) is 0 Å². The van der Waals surface area contributed by atoms with Crippen LogP contribution in [0.2, 0.25) is 0 Å². The molecular formula is C15H18N2O5S. The Labute approximate surface area is 134 Å². The molecule has 0 fully saturated rings. The van der Waals surface area contributed by atoms with Crippen molar-refractivity contribution < 1.29 is 22.8 Å². The molecule has 2 heterocycles. The van der Waals surface area contributed by atoms with Crippen molar-refractivity contribution >= 4 is 10.0 Å². The number of rotatable bonds is 5. The molecule has 0 saturated carbocycles. The van der Waals surface area contributed by atoms with E-state index in [2.05, 4.69) is 9.88 Å². The van der Waals surface area contributed by atoms with Gasteiger partial charge in [0.2, 0.25) is 10.0 Å². The number of benzene rings is 1. The summed E-state index contributed by atoms with van der Waals surface area (Å²) in [5.74, 6) is 1.04. The van der Waals surface area contributed by atoms with E-state index in [1.54, 1.807) is 19.1 Å². The van der Waals surface area contributed by atoms with Gasteiger partial charge in [0, 0.05) is 13.0 Å². The fourth-order valence-corrected chi connectivity index (χ4v) is 4.01. The Hall–Kier alpha value is -1.90. The predicted molar refractivity (Wildman–Crippen MR) is 81.8 cm³/mol. The van der Waals surface area contributed by atoms with Gasteiger partial charge in [0.1, 0.15) is 16.3 Å². The molecule has 1 aliphatic heterocycles. The maximum atomic E-state index is 12.3. The van der Waals surface area contributed by atoms with E-state index in [1.165, 1.54) is 6.92 Å². The summed E-state index contributed by atoms with van der Waals surface area (Å²) in [7, 11) is -3.78. The second-order valence-corrected chi connectivity index (χ2v) is 7.19. The largest absolute Gasteiger partial charge is 0.493 e. The molecule has 0 saturated heterocycles.